The highest BCUT2D eigenvalue weighted by Gasteiger charge is 2.00. The topological polar surface area (TPSA) is 35.8 Å². The quantitative estimate of drug-likeness (QED) is 0.843. The maximum atomic E-state index is 13.0. The first-order valence-electron chi connectivity index (χ1n) is 5.23. The molecule has 0 radical (unpaired) electrons. The highest BCUT2D eigenvalue weighted by Crippen LogP contribution is 2.10. The molecule has 16 heavy (non-hydrogen) atoms. The van der Waals surface area contributed by atoms with Gasteiger partial charge in [0.25, 0.3) is 0 Å². The van der Waals surface area contributed by atoms with Crippen LogP contribution in [-0.2, 0) is 0 Å². The van der Waals surface area contributed by atoms with Crippen LogP contribution in [0.5, 0.6) is 0 Å². The zero-order valence-electron chi connectivity index (χ0n) is 9.50. The van der Waals surface area contributed by atoms with Crippen molar-refractivity contribution >= 4 is 6.08 Å². The number of nitriles is 1. The Bertz CT molecular complexity index is 416. The Morgan fingerprint density at radius 1 is 1.50 bits per heavy atom. The number of nitrogens with one attached hydrogen (secondary N) is 1. The van der Waals surface area contributed by atoms with Crippen LogP contribution in [0.4, 0.5) is 4.39 Å². The van der Waals surface area contributed by atoms with Crippen molar-refractivity contribution < 1.29 is 4.39 Å². The minimum absolute atomic E-state index is 0.0824. The first kappa shape index (κ1) is 12.4. The van der Waals surface area contributed by atoms with Crippen LogP contribution in [0.25, 0.3) is 6.08 Å². The molecule has 1 aromatic rings. The fourth-order valence-electron chi connectivity index (χ4n) is 1.23. The van der Waals surface area contributed by atoms with E-state index in [9.17, 15) is 4.39 Å². The molecule has 0 aliphatic carbocycles. The predicted octanol–water partition coefficient (Wildman–Crippen LogP) is 2.71. The van der Waals surface area contributed by atoms with Crippen molar-refractivity contribution in [3.05, 3.63) is 41.2 Å². The molecule has 84 valence electrons. The van der Waals surface area contributed by atoms with E-state index in [-0.39, 0.29) is 5.56 Å². The summed E-state index contributed by atoms with van der Waals surface area (Å²) in [4.78, 5) is 0. The average Bonchev–Trinajstić information content (AvgIpc) is 2.26. The molecule has 0 saturated carbocycles. The van der Waals surface area contributed by atoms with E-state index < -0.39 is 5.82 Å². The Morgan fingerprint density at radius 3 is 2.88 bits per heavy atom. The van der Waals surface area contributed by atoms with Crippen LogP contribution in [0.15, 0.2) is 24.3 Å². The summed E-state index contributed by atoms with van der Waals surface area (Å²) in [6, 6.07) is 6.77. The lowest BCUT2D eigenvalue weighted by Gasteiger charge is -2.03. The van der Waals surface area contributed by atoms with Gasteiger partial charge in [0.1, 0.15) is 11.9 Å². The van der Waals surface area contributed by atoms with Crippen LogP contribution in [0.1, 0.15) is 25.0 Å². The molecule has 1 aromatic carbocycles. The van der Waals surface area contributed by atoms with Gasteiger partial charge in [0, 0.05) is 12.6 Å². The van der Waals surface area contributed by atoms with Gasteiger partial charge in [0.05, 0.1) is 5.56 Å². The number of halogens is 1. The first-order chi connectivity index (χ1) is 7.63. The number of benzene rings is 1. The molecular weight excluding hydrogens is 203 g/mol. The fourth-order valence-corrected chi connectivity index (χ4v) is 1.23. The van der Waals surface area contributed by atoms with Crippen molar-refractivity contribution in [2.45, 2.75) is 19.9 Å². The number of hydrogen-bond donors (Lipinski definition) is 1. The van der Waals surface area contributed by atoms with Gasteiger partial charge >= 0.3 is 0 Å². The van der Waals surface area contributed by atoms with Gasteiger partial charge in [0.15, 0.2) is 0 Å². The molecule has 0 saturated heterocycles. The van der Waals surface area contributed by atoms with E-state index in [1.54, 1.807) is 12.1 Å². The lowest BCUT2D eigenvalue weighted by atomic mass is 10.1. The van der Waals surface area contributed by atoms with Gasteiger partial charge in [-0.05, 0) is 17.7 Å². The summed E-state index contributed by atoms with van der Waals surface area (Å²) in [6.07, 6.45) is 3.82. The highest BCUT2D eigenvalue weighted by molar-refractivity contribution is 5.52. The van der Waals surface area contributed by atoms with Crippen LogP contribution in [0, 0.1) is 17.1 Å². The normalized spacial score (nSPS) is 10.9. The fraction of sp³-hybridized carbons (Fsp3) is 0.308. The second-order valence-corrected chi connectivity index (χ2v) is 3.82. The van der Waals surface area contributed by atoms with Crippen molar-refractivity contribution in [2.75, 3.05) is 6.54 Å². The smallest absolute Gasteiger partial charge is 0.140 e. The second-order valence-electron chi connectivity index (χ2n) is 3.82. The van der Waals surface area contributed by atoms with Gasteiger partial charge in [0.2, 0.25) is 0 Å². The van der Waals surface area contributed by atoms with Crippen LogP contribution < -0.4 is 5.32 Å². The SMILES string of the molecule is CC(C)NC/C=C/c1ccc(F)c(C#N)c1. The summed E-state index contributed by atoms with van der Waals surface area (Å²) in [6.45, 7) is 4.90. The van der Waals surface area contributed by atoms with Crippen LogP contribution in [0.2, 0.25) is 0 Å². The van der Waals surface area contributed by atoms with E-state index in [0.29, 0.717) is 6.04 Å². The molecule has 1 rings (SSSR count). The van der Waals surface area contributed by atoms with Crippen molar-refractivity contribution in [1.82, 2.24) is 5.32 Å². The maximum Gasteiger partial charge on any atom is 0.140 e. The van der Waals surface area contributed by atoms with Crippen LogP contribution >= 0.6 is 0 Å². The molecule has 0 amide bonds. The Balaban J connectivity index is 2.65. The molecule has 0 aromatic heterocycles. The Kier molecular flexibility index (Phi) is 4.68. The van der Waals surface area contributed by atoms with Gasteiger partial charge in [-0.1, -0.05) is 32.1 Å². The van der Waals surface area contributed by atoms with E-state index in [4.69, 9.17) is 5.26 Å². The molecule has 0 fully saturated rings. The van der Waals surface area contributed by atoms with E-state index in [2.05, 4.69) is 19.2 Å². The molecule has 0 heterocycles. The number of nitrogens with zero attached hydrogens (tertiary/aromatic N) is 1. The van der Waals surface area contributed by atoms with E-state index in [1.165, 1.54) is 6.07 Å². The molecule has 0 atom stereocenters. The summed E-state index contributed by atoms with van der Waals surface area (Å²) in [5.74, 6) is -0.472. The Labute approximate surface area is 95.4 Å². The second kappa shape index (κ2) is 6.04. The molecule has 0 bridgehead atoms. The van der Waals surface area contributed by atoms with Crippen molar-refractivity contribution in [3.63, 3.8) is 0 Å². The lowest BCUT2D eigenvalue weighted by molar-refractivity contribution is 0.624. The number of hydrogen-bond acceptors (Lipinski definition) is 2. The van der Waals surface area contributed by atoms with E-state index >= 15 is 0 Å². The molecule has 1 N–H and O–H groups in total. The highest BCUT2D eigenvalue weighted by atomic mass is 19.1. The average molecular weight is 218 g/mol. The largest absolute Gasteiger partial charge is 0.311 e. The summed E-state index contributed by atoms with van der Waals surface area (Å²) in [5, 5.41) is 11.9. The third kappa shape index (κ3) is 3.84. The molecule has 0 unspecified atom stereocenters. The zero-order chi connectivity index (χ0) is 12.0. The summed E-state index contributed by atoms with van der Waals surface area (Å²) < 4.78 is 13.0. The molecular formula is C13H15FN2. The maximum absolute atomic E-state index is 13.0. The lowest BCUT2D eigenvalue weighted by Crippen LogP contribution is -2.22. The molecule has 0 spiro atoms. The Hall–Kier alpha value is -1.66. The van der Waals surface area contributed by atoms with Crippen molar-refractivity contribution in [1.29, 1.82) is 5.26 Å². The van der Waals surface area contributed by atoms with Gasteiger partial charge in [-0.3, -0.25) is 0 Å². The molecule has 0 aliphatic rings. The van der Waals surface area contributed by atoms with E-state index in [1.807, 2.05) is 18.2 Å². The predicted molar refractivity (Wildman–Crippen MR) is 63.3 cm³/mol. The minimum Gasteiger partial charge on any atom is -0.311 e. The molecule has 2 nitrogen and oxygen atoms in total. The van der Waals surface area contributed by atoms with Crippen LogP contribution in [0.3, 0.4) is 0 Å². The summed E-state index contributed by atoms with van der Waals surface area (Å²) in [5.41, 5.74) is 0.919. The number of rotatable bonds is 4. The van der Waals surface area contributed by atoms with Crippen molar-refractivity contribution in [2.24, 2.45) is 0 Å². The van der Waals surface area contributed by atoms with E-state index in [0.717, 1.165) is 12.1 Å². The van der Waals surface area contributed by atoms with Crippen LogP contribution in [-0.4, -0.2) is 12.6 Å². The van der Waals surface area contributed by atoms with Gasteiger partial charge in [-0.2, -0.15) is 5.26 Å². The first-order valence-corrected chi connectivity index (χ1v) is 5.23. The minimum atomic E-state index is -0.472. The summed E-state index contributed by atoms with van der Waals surface area (Å²) >= 11 is 0. The Morgan fingerprint density at radius 2 is 2.25 bits per heavy atom. The summed E-state index contributed by atoms with van der Waals surface area (Å²) in [7, 11) is 0. The standard InChI is InChI=1S/C13H15FN2/c1-10(2)16-7-3-4-11-5-6-13(14)12(8-11)9-15/h3-6,8,10,16H,7H2,1-2H3/b4-3+. The van der Waals surface area contributed by atoms with Gasteiger partial charge < -0.3 is 5.32 Å². The molecule has 3 heteroatoms. The zero-order valence-corrected chi connectivity index (χ0v) is 9.50. The molecule has 0 aliphatic heterocycles. The third-order valence-electron chi connectivity index (χ3n) is 2.07. The van der Waals surface area contributed by atoms with Gasteiger partial charge in [-0.15, -0.1) is 0 Å². The van der Waals surface area contributed by atoms with Crippen molar-refractivity contribution in [3.8, 4) is 6.07 Å². The third-order valence-corrected chi connectivity index (χ3v) is 2.07. The van der Waals surface area contributed by atoms with Gasteiger partial charge in [-0.25, -0.2) is 4.39 Å². The monoisotopic (exact) mass is 218 g/mol.